The molecule has 0 aliphatic heterocycles. The number of aryl methyl sites for hydroxylation is 1. The van der Waals surface area contributed by atoms with Gasteiger partial charge in [-0.25, -0.2) is 9.78 Å². The van der Waals surface area contributed by atoms with Gasteiger partial charge in [-0.05, 0) is 61.9 Å². The van der Waals surface area contributed by atoms with E-state index in [-0.39, 0.29) is 17.0 Å². The maximum atomic E-state index is 13.2. The van der Waals surface area contributed by atoms with Gasteiger partial charge >= 0.3 is 6.03 Å². The number of fused-ring (bicyclic) bond motifs is 1. The number of carbonyl (C=O) groups excluding carboxylic acids is 3. The lowest BCUT2D eigenvalue weighted by atomic mass is 10.0. The van der Waals surface area contributed by atoms with E-state index in [1.165, 1.54) is 37.3 Å². The SMILES string of the molecule is CC(=O)c1ccc2nc(-c3ccc([N+](=O)[O-])cc3)cc(C(=O)NC(=O)Nc3ccccc3C)c2c1. The van der Waals surface area contributed by atoms with Gasteiger partial charge in [0.15, 0.2) is 5.78 Å². The largest absolute Gasteiger partial charge is 0.326 e. The molecule has 0 aliphatic rings. The molecule has 0 atom stereocenters. The van der Waals surface area contributed by atoms with E-state index in [0.29, 0.717) is 33.4 Å². The van der Waals surface area contributed by atoms with Crippen LogP contribution >= 0.6 is 0 Å². The maximum absolute atomic E-state index is 13.2. The van der Waals surface area contributed by atoms with Crippen molar-refractivity contribution >= 4 is 40.0 Å². The Balaban J connectivity index is 1.74. The van der Waals surface area contributed by atoms with Gasteiger partial charge in [0.25, 0.3) is 11.6 Å². The number of amides is 3. The van der Waals surface area contributed by atoms with Gasteiger partial charge in [0.05, 0.1) is 21.7 Å². The minimum absolute atomic E-state index is 0.0773. The molecule has 174 valence electrons. The van der Waals surface area contributed by atoms with Gasteiger partial charge in [-0.3, -0.25) is 25.0 Å². The second-order valence-corrected chi connectivity index (χ2v) is 7.87. The van der Waals surface area contributed by atoms with E-state index in [0.717, 1.165) is 5.56 Å². The Bertz CT molecular complexity index is 1500. The standard InChI is InChI=1S/C26H20N4O5/c1-15-5-3-4-6-22(15)28-26(33)29-25(32)21-14-24(17-7-10-19(11-8-17)30(34)35)27-23-12-9-18(16(2)31)13-20(21)23/h3-14H,1-2H3,(H2,28,29,32,33). The lowest BCUT2D eigenvalue weighted by molar-refractivity contribution is -0.384. The van der Waals surface area contributed by atoms with Gasteiger partial charge in [-0.2, -0.15) is 0 Å². The van der Waals surface area contributed by atoms with E-state index in [1.54, 1.807) is 30.3 Å². The lowest BCUT2D eigenvalue weighted by Gasteiger charge is -2.12. The van der Waals surface area contributed by atoms with Crippen LogP contribution in [0.3, 0.4) is 0 Å². The van der Waals surface area contributed by atoms with Crippen molar-refractivity contribution in [2.75, 3.05) is 5.32 Å². The van der Waals surface area contributed by atoms with Crippen molar-refractivity contribution in [1.82, 2.24) is 10.3 Å². The first-order valence-corrected chi connectivity index (χ1v) is 10.6. The number of imide groups is 1. The summed E-state index contributed by atoms with van der Waals surface area (Å²) in [7, 11) is 0. The average Bonchev–Trinajstić information content (AvgIpc) is 2.84. The van der Waals surface area contributed by atoms with E-state index >= 15 is 0 Å². The van der Waals surface area contributed by atoms with Crippen molar-refractivity contribution in [2.45, 2.75) is 13.8 Å². The molecular weight excluding hydrogens is 448 g/mol. The van der Waals surface area contributed by atoms with E-state index in [9.17, 15) is 24.5 Å². The molecule has 0 radical (unpaired) electrons. The van der Waals surface area contributed by atoms with Gasteiger partial charge in [0.1, 0.15) is 0 Å². The van der Waals surface area contributed by atoms with E-state index in [2.05, 4.69) is 15.6 Å². The van der Waals surface area contributed by atoms with Crippen LogP contribution < -0.4 is 10.6 Å². The zero-order valence-electron chi connectivity index (χ0n) is 18.9. The highest BCUT2D eigenvalue weighted by atomic mass is 16.6. The number of hydrogen-bond donors (Lipinski definition) is 2. The summed E-state index contributed by atoms with van der Waals surface area (Å²) >= 11 is 0. The predicted molar refractivity (Wildman–Crippen MR) is 132 cm³/mol. The number of rotatable bonds is 5. The van der Waals surface area contributed by atoms with Crippen LogP contribution in [0.15, 0.2) is 72.8 Å². The van der Waals surface area contributed by atoms with Crippen molar-refractivity contribution in [3.8, 4) is 11.3 Å². The fraction of sp³-hybridized carbons (Fsp3) is 0.0769. The summed E-state index contributed by atoms with van der Waals surface area (Å²) in [5, 5.41) is 16.3. The topological polar surface area (TPSA) is 131 Å². The van der Waals surface area contributed by atoms with Crippen LogP contribution in [0.5, 0.6) is 0 Å². The van der Waals surface area contributed by atoms with Crippen LogP contribution in [0.1, 0.15) is 33.2 Å². The summed E-state index contributed by atoms with van der Waals surface area (Å²) in [4.78, 5) is 52.7. The van der Waals surface area contributed by atoms with Crippen LogP contribution in [0, 0.1) is 17.0 Å². The Morgan fingerprint density at radius 2 is 1.66 bits per heavy atom. The fourth-order valence-electron chi connectivity index (χ4n) is 3.57. The van der Waals surface area contributed by atoms with Gasteiger partial charge in [-0.1, -0.05) is 18.2 Å². The normalized spacial score (nSPS) is 10.6. The smallest absolute Gasteiger partial charge is 0.307 e. The van der Waals surface area contributed by atoms with Crippen molar-refractivity contribution in [3.05, 3.63) is 99.6 Å². The van der Waals surface area contributed by atoms with E-state index in [1.807, 2.05) is 19.1 Å². The van der Waals surface area contributed by atoms with Crippen molar-refractivity contribution < 1.29 is 19.3 Å². The molecule has 4 aromatic rings. The highest BCUT2D eigenvalue weighted by molar-refractivity contribution is 6.15. The maximum Gasteiger partial charge on any atom is 0.326 e. The number of anilines is 1. The van der Waals surface area contributed by atoms with Crippen LogP contribution in [0.2, 0.25) is 0 Å². The summed E-state index contributed by atoms with van der Waals surface area (Å²) in [6.07, 6.45) is 0. The molecule has 0 fully saturated rings. The Morgan fingerprint density at radius 1 is 0.943 bits per heavy atom. The first-order valence-electron chi connectivity index (χ1n) is 10.6. The summed E-state index contributed by atoms with van der Waals surface area (Å²) in [6, 6.07) is 18.4. The zero-order valence-corrected chi connectivity index (χ0v) is 18.9. The van der Waals surface area contributed by atoms with Gasteiger partial charge < -0.3 is 5.32 Å². The summed E-state index contributed by atoms with van der Waals surface area (Å²) in [5.41, 5.74) is 3.19. The van der Waals surface area contributed by atoms with Crippen molar-refractivity contribution in [2.24, 2.45) is 0 Å². The van der Waals surface area contributed by atoms with Crippen LogP contribution in [0.4, 0.5) is 16.2 Å². The lowest BCUT2D eigenvalue weighted by Crippen LogP contribution is -2.34. The van der Waals surface area contributed by atoms with Crippen LogP contribution in [0.25, 0.3) is 22.2 Å². The summed E-state index contributed by atoms with van der Waals surface area (Å²) < 4.78 is 0. The van der Waals surface area contributed by atoms with Crippen LogP contribution in [-0.4, -0.2) is 27.6 Å². The first-order chi connectivity index (χ1) is 16.7. The minimum atomic E-state index is -0.714. The molecule has 3 amide bonds. The molecule has 0 aliphatic carbocycles. The number of urea groups is 1. The number of pyridine rings is 1. The number of para-hydroxylation sites is 1. The molecule has 9 nitrogen and oxygen atoms in total. The Hall–Kier alpha value is -4.92. The number of non-ortho nitro benzene ring substituents is 1. The Kier molecular flexibility index (Phi) is 6.32. The molecular formula is C26H20N4O5. The summed E-state index contributed by atoms with van der Waals surface area (Å²) in [6.45, 7) is 3.24. The highest BCUT2D eigenvalue weighted by Gasteiger charge is 2.18. The van der Waals surface area contributed by atoms with Gasteiger partial charge in [0, 0.05) is 34.3 Å². The third kappa shape index (κ3) is 5.03. The predicted octanol–water partition coefficient (Wildman–Crippen LogP) is 5.28. The molecule has 1 heterocycles. The number of hydrogen-bond acceptors (Lipinski definition) is 6. The number of carbonyl (C=O) groups is 3. The fourth-order valence-corrected chi connectivity index (χ4v) is 3.57. The molecule has 0 spiro atoms. The molecule has 1 aromatic heterocycles. The van der Waals surface area contributed by atoms with Crippen molar-refractivity contribution in [3.63, 3.8) is 0 Å². The van der Waals surface area contributed by atoms with Gasteiger partial charge in [-0.15, -0.1) is 0 Å². The highest BCUT2D eigenvalue weighted by Crippen LogP contribution is 2.27. The number of benzene rings is 3. The number of ketones is 1. The first kappa shape index (κ1) is 23.2. The molecule has 2 N–H and O–H groups in total. The average molecular weight is 468 g/mol. The molecule has 9 heteroatoms. The second kappa shape index (κ2) is 9.52. The van der Waals surface area contributed by atoms with Crippen LogP contribution in [-0.2, 0) is 0 Å². The number of aromatic nitrogens is 1. The Morgan fingerprint density at radius 3 is 2.31 bits per heavy atom. The van der Waals surface area contributed by atoms with E-state index < -0.39 is 16.9 Å². The monoisotopic (exact) mass is 468 g/mol. The molecule has 35 heavy (non-hydrogen) atoms. The number of nitro groups is 1. The number of Topliss-reactive ketones (excluding diaryl/α,β-unsaturated/α-hetero) is 1. The van der Waals surface area contributed by atoms with Crippen molar-refractivity contribution in [1.29, 1.82) is 0 Å². The number of nitro benzene ring substituents is 1. The van der Waals surface area contributed by atoms with E-state index in [4.69, 9.17) is 0 Å². The Labute approximate surface area is 200 Å². The third-order valence-corrected chi connectivity index (χ3v) is 5.45. The zero-order chi connectivity index (χ0) is 25.1. The molecule has 3 aromatic carbocycles. The van der Waals surface area contributed by atoms with Gasteiger partial charge in [0.2, 0.25) is 0 Å². The quantitative estimate of drug-likeness (QED) is 0.233. The number of nitrogens with zero attached hydrogens (tertiary/aromatic N) is 2. The molecule has 0 unspecified atom stereocenters. The number of nitrogens with one attached hydrogen (secondary N) is 2. The molecule has 4 rings (SSSR count). The molecule has 0 saturated heterocycles. The minimum Gasteiger partial charge on any atom is -0.307 e. The second-order valence-electron chi connectivity index (χ2n) is 7.87. The summed E-state index contributed by atoms with van der Waals surface area (Å²) in [5.74, 6) is -0.873. The molecule has 0 bridgehead atoms. The molecule has 0 saturated carbocycles. The third-order valence-electron chi connectivity index (χ3n) is 5.45.